The molecule has 106 valence electrons. The number of rotatable bonds is 7. The molecule has 1 aromatic carbocycles. The van der Waals surface area contributed by atoms with Crippen LogP contribution >= 0.6 is 0 Å². The zero-order valence-electron chi connectivity index (χ0n) is 11.9. The maximum atomic E-state index is 5.91. The van der Waals surface area contributed by atoms with Gasteiger partial charge in [-0.05, 0) is 45.4 Å². The summed E-state index contributed by atoms with van der Waals surface area (Å²) in [6.07, 6.45) is 2.30. The first kappa shape index (κ1) is 14.0. The van der Waals surface area contributed by atoms with Gasteiger partial charge in [-0.3, -0.25) is 0 Å². The average Bonchev–Trinajstić information content (AvgIpc) is 2.83. The molecule has 1 N–H and O–H groups in total. The van der Waals surface area contributed by atoms with E-state index >= 15 is 0 Å². The fourth-order valence-electron chi connectivity index (χ4n) is 2.20. The third kappa shape index (κ3) is 4.03. The molecule has 0 fully saturated rings. The summed E-state index contributed by atoms with van der Waals surface area (Å²) in [5.41, 5.74) is 0. The van der Waals surface area contributed by atoms with Gasteiger partial charge in [0, 0.05) is 12.1 Å². The Morgan fingerprint density at radius 2 is 2.05 bits per heavy atom. The standard InChI is InChI=1S/C15H23NO3/c1-4-7-16-11(2)8-12(3)19-13-5-6-14-15(9-13)18-10-17-14/h5-6,9,11-12,16H,4,7-8,10H2,1-3H3. The lowest BCUT2D eigenvalue weighted by atomic mass is 10.1. The minimum absolute atomic E-state index is 0.166. The van der Waals surface area contributed by atoms with Crippen molar-refractivity contribution in [1.82, 2.24) is 5.32 Å². The van der Waals surface area contributed by atoms with Crippen molar-refractivity contribution in [3.8, 4) is 17.2 Å². The molecule has 0 radical (unpaired) electrons. The summed E-state index contributed by atoms with van der Waals surface area (Å²) in [5, 5.41) is 3.47. The lowest BCUT2D eigenvalue weighted by Crippen LogP contribution is -2.31. The molecule has 4 heteroatoms. The lowest BCUT2D eigenvalue weighted by molar-refractivity contribution is 0.173. The van der Waals surface area contributed by atoms with E-state index in [0.29, 0.717) is 12.8 Å². The van der Waals surface area contributed by atoms with Gasteiger partial charge in [0.05, 0.1) is 6.10 Å². The van der Waals surface area contributed by atoms with Crippen LogP contribution < -0.4 is 19.5 Å². The molecule has 2 unspecified atom stereocenters. The first-order valence-corrected chi connectivity index (χ1v) is 6.98. The van der Waals surface area contributed by atoms with Crippen LogP contribution in [0.2, 0.25) is 0 Å². The van der Waals surface area contributed by atoms with Gasteiger partial charge in [-0.2, -0.15) is 0 Å². The molecule has 0 saturated heterocycles. The van der Waals surface area contributed by atoms with Gasteiger partial charge < -0.3 is 19.5 Å². The summed E-state index contributed by atoms with van der Waals surface area (Å²) in [6.45, 7) is 7.81. The maximum absolute atomic E-state index is 5.91. The molecule has 2 atom stereocenters. The van der Waals surface area contributed by atoms with E-state index in [9.17, 15) is 0 Å². The SMILES string of the molecule is CCCNC(C)CC(C)Oc1ccc2c(c1)OCO2. The number of hydrogen-bond donors (Lipinski definition) is 1. The molecule has 0 bridgehead atoms. The third-order valence-corrected chi connectivity index (χ3v) is 3.11. The number of benzene rings is 1. The maximum Gasteiger partial charge on any atom is 0.231 e. The second-order valence-electron chi connectivity index (χ2n) is 5.03. The van der Waals surface area contributed by atoms with Crippen LogP contribution in [0, 0.1) is 0 Å². The van der Waals surface area contributed by atoms with Crippen LogP contribution in [0.5, 0.6) is 17.2 Å². The Morgan fingerprint density at radius 1 is 1.26 bits per heavy atom. The highest BCUT2D eigenvalue weighted by atomic mass is 16.7. The molecule has 2 rings (SSSR count). The van der Waals surface area contributed by atoms with Gasteiger partial charge in [0.25, 0.3) is 0 Å². The normalized spacial score (nSPS) is 16.2. The molecule has 1 aliphatic heterocycles. The van der Waals surface area contributed by atoms with Crippen molar-refractivity contribution >= 4 is 0 Å². The summed E-state index contributed by atoms with van der Waals surface area (Å²) >= 11 is 0. The first-order chi connectivity index (χ1) is 9.19. The Labute approximate surface area is 115 Å². The van der Waals surface area contributed by atoms with E-state index in [1.54, 1.807) is 0 Å². The Morgan fingerprint density at radius 3 is 2.84 bits per heavy atom. The molecule has 0 spiro atoms. The second kappa shape index (κ2) is 6.66. The van der Waals surface area contributed by atoms with Crippen molar-refractivity contribution < 1.29 is 14.2 Å². The van der Waals surface area contributed by atoms with Crippen LogP contribution in [0.4, 0.5) is 0 Å². The minimum atomic E-state index is 0.166. The van der Waals surface area contributed by atoms with E-state index in [4.69, 9.17) is 14.2 Å². The van der Waals surface area contributed by atoms with Gasteiger partial charge in [0.15, 0.2) is 11.5 Å². The summed E-state index contributed by atoms with van der Waals surface area (Å²) in [6, 6.07) is 6.17. The van der Waals surface area contributed by atoms with E-state index in [-0.39, 0.29) is 6.10 Å². The predicted molar refractivity (Wildman–Crippen MR) is 75.0 cm³/mol. The summed E-state index contributed by atoms with van der Waals surface area (Å²) in [5.74, 6) is 2.39. The predicted octanol–water partition coefficient (Wildman–Crippen LogP) is 2.96. The molecular weight excluding hydrogens is 242 g/mol. The number of hydrogen-bond acceptors (Lipinski definition) is 4. The molecule has 0 saturated carbocycles. The quantitative estimate of drug-likeness (QED) is 0.822. The highest BCUT2D eigenvalue weighted by molar-refractivity contribution is 5.46. The van der Waals surface area contributed by atoms with Crippen molar-refractivity contribution in [3.63, 3.8) is 0 Å². The summed E-state index contributed by atoms with van der Waals surface area (Å²) in [4.78, 5) is 0. The highest BCUT2D eigenvalue weighted by Crippen LogP contribution is 2.35. The van der Waals surface area contributed by atoms with Crippen LogP contribution in [0.3, 0.4) is 0 Å². The van der Waals surface area contributed by atoms with Gasteiger partial charge >= 0.3 is 0 Å². The van der Waals surface area contributed by atoms with E-state index in [1.165, 1.54) is 0 Å². The van der Waals surface area contributed by atoms with E-state index in [0.717, 1.165) is 36.6 Å². The Hall–Kier alpha value is -1.42. The van der Waals surface area contributed by atoms with Crippen molar-refractivity contribution in [2.75, 3.05) is 13.3 Å². The zero-order valence-corrected chi connectivity index (χ0v) is 11.9. The molecule has 0 amide bonds. The van der Waals surface area contributed by atoms with Gasteiger partial charge in [-0.1, -0.05) is 6.92 Å². The molecule has 19 heavy (non-hydrogen) atoms. The Balaban J connectivity index is 1.83. The lowest BCUT2D eigenvalue weighted by Gasteiger charge is -2.20. The highest BCUT2D eigenvalue weighted by Gasteiger charge is 2.15. The minimum Gasteiger partial charge on any atom is -0.491 e. The Kier molecular flexibility index (Phi) is 4.91. The molecule has 1 heterocycles. The molecule has 1 aliphatic rings. The van der Waals surface area contributed by atoms with Crippen LogP contribution in [-0.2, 0) is 0 Å². The first-order valence-electron chi connectivity index (χ1n) is 6.98. The Bertz CT molecular complexity index is 408. The van der Waals surface area contributed by atoms with Gasteiger partial charge in [0.1, 0.15) is 5.75 Å². The van der Waals surface area contributed by atoms with Crippen LogP contribution in [0.1, 0.15) is 33.6 Å². The topological polar surface area (TPSA) is 39.7 Å². The summed E-state index contributed by atoms with van der Waals surface area (Å²) in [7, 11) is 0. The van der Waals surface area contributed by atoms with Crippen LogP contribution in [0.15, 0.2) is 18.2 Å². The molecular formula is C15H23NO3. The molecule has 0 aliphatic carbocycles. The third-order valence-electron chi connectivity index (χ3n) is 3.11. The summed E-state index contributed by atoms with van der Waals surface area (Å²) < 4.78 is 16.5. The fourth-order valence-corrected chi connectivity index (χ4v) is 2.20. The van der Waals surface area contributed by atoms with Crippen LogP contribution in [-0.4, -0.2) is 25.5 Å². The van der Waals surface area contributed by atoms with E-state index < -0.39 is 0 Å². The number of ether oxygens (including phenoxy) is 3. The molecule has 1 aromatic rings. The van der Waals surface area contributed by atoms with Crippen molar-refractivity contribution in [3.05, 3.63) is 18.2 Å². The molecule has 0 aromatic heterocycles. The second-order valence-corrected chi connectivity index (χ2v) is 5.03. The van der Waals surface area contributed by atoms with Crippen molar-refractivity contribution in [1.29, 1.82) is 0 Å². The van der Waals surface area contributed by atoms with Crippen LogP contribution in [0.25, 0.3) is 0 Å². The zero-order chi connectivity index (χ0) is 13.7. The fraction of sp³-hybridized carbons (Fsp3) is 0.600. The van der Waals surface area contributed by atoms with Gasteiger partial charge in [-0.15, -0.1) is 0 Å². The molecule has 4 nitrogen and oxygen atoms in total. The van der Waals surface area contributed by atoms with Crippen molar-refractivity contribution in [2.45, 2.75) is 45.8 Å². The number of nitrogens with one attached hydrogen (secondary N) is 1. The largest absolute Gasteiger partial charge is 0.491 e. The van der Waals surface area contributed by atoms with Gasteiger partial charge in [0.2, 0.25) is 6.79 Å². The van der Waals surface area contributed by atoms with E-state index in [2.05, 4.69) is 26.1 Å². The van der Waals surface area contributed by atoms with Crippen molar-refractivity contribution in [2.24, 2.45) is 0 Å². The average molecular weight is 265 g/mol. The number of fused-ring (bicyclic) bond motifs is 1. The van der Waals surface area contributed by atoms with E-state index in [1.807, 2.05) is 18.2 Å². The smallest absolute Gasteiger partial charge is 0.231 e. The van der Waals surface area contributed by atoms with Gasteiger partial charge in [-0.25, -0.2) is 0 Å². The monoisotopic (exact) mass is 265 g/mol.